The molecule has 0 atom stereocenters. The molecule has 1 N–H and O–H groups in total. The van der Waals surface area contributed by atoms with Crippen LogP contribution in [-0.4, -0.2) is 37.2 Å². The molecule has 0 spiro atoms. The Morgan fingerprint density at radius 3 is 2.86 bits per heavy atom. The van der Waals surface area contributed by atoms with Crippen molar-refractivity contribution in [2.75, 3.05) is 31.4 Å². The molecule has 1 heterocycles. The molecule has 0 saturated carbocycles. The lowest BCUT2D eigenvalue weighted by Crippen LogP contribution is -2.21. The van der Waals surface area contributed by atoms with E-state index in [0.717, 1.165) is 31.6 Å². The minimum absolute atomic E-state index is 0.0217. The molecule has 0 radical (unpaired) electrons. The third-order valence-electron chi connectivity index (χ3n) is 3.37. The van der Waals surface area contributed by atoms with Gasteiger partial charge in [0.1, 0.15) is 5.75 Å². The molecule has 0 aliphatic carbocycles. The normalized spacial score (nSPS) is 15.8. The van der Waals surface area contributed by atoms with Crippen LogP contribution in [-0.2, 0) is 9.53 Å². The van der Waals surface area contributed by atoms with Gasteiger partial charge in [-0.15, -0.1) is 11.8 Å². The van der Waals surface area contributed by atoms with Crippen LogP contribution in [0, 0.1) is 6.92 Å². The van der Waals surface area contributed by atoms with Crippen LogP contribution >= 0.6 is 23.4 Å². The SMILES string of the molecule is COc1cc(Cl)c(C)cc1NC(=O)CSC1CCOCC1. The second-order valence-corrected chi connectivity index (χ2v) is 6.67. The lowest BCUT2D eigenvalue weighted by molar-refractivity contribution is -0.113. The van der Waals surface area contributed by atoms with Gasteiger partial charge in [0.05, 0.1) is 18.6 Å². The van der Waals surface area contributed by atoms with E-state index in [1.54, 1.807) is 24.9 Å². The summed E-state index contributed by atoms with van der Waals surface area (Å²) in [7, 11) is 1.56. The number of hydrogen-bond acceptors (Lipinski definition) is 4. The Labute approximate surface area is 134 Å². The number of carbonyl (C=O) groups is 1. The van der Waals surface area contributed by atoms with Crippen molar-refractivity contribution in [3.05, 3.63) is 22.7 Å². The fourth-order valence-corrected chi connectivity index (χ4v) is 3.29. The van der Waals surface area contributed by atoms with Crippen LogP contribution in [0.3, 0.4) is 0 Å². The molecule has 1 aromatic carbocycles. The first-order valence-electron chi connectivity index (χ1n) is 6.93. The highest BCUT2D eigenvalue weighted by Gasteiger charge is 2.16. The third kappa shape index (κ3) is 4.80. The van der Waals surface area contributed by atoms with Crippen LogP contribution in [0.15, 0.2) is 12.1 Å². The largest absolute Gasteiger partial charge is 0.495 e. The second-order valence-electron chi connectivity index (χ2n) is 4.97. The van der Waals surface area contributed by atoms with Gasteiger partial charge in [-0.2, -0.15) is 0 Å². The van der Waals surface area contributed by atoms with E-state index in [9.17, 15) is 4.79 Å². The van der Waals surface area contributed by atoms with Gasteiger partial charge in [0, 0.05) is 29.6 Å². The van der Waals surface area contributed by atoms with Gasteiger partial charge in [0.15, 0.2) is 0 Å². The van der Waals surface area contributed by atoms with Crippen LogP contribution in [0.1, 0.15) is 18.4 Å². The van der Waals surface area contributed by atoms with Crippen molar-refractivity contribution < 1.29 is 14.3 Å². The summed E-state index contributed by atoms with van der Waals surface area (Å²) in [6, 6.07) is 3.55. The minimum atomic E-state index is -0.0217. The summed E-state index contributed by atoms with van der Waals surface area (Å²) in [5, 5.41) is 4.03. The molecular weight excluding hydrogens is 310 g/mol. The van der Waals surface area contributed by atoms with Gasteiger partial charge in [-0.3, -0.25) is 4.79 Å². The molecule has 1 aromatic rings. The maximum absolute atomic E-state index is 12.1. The molecule has 21 heavy (non-hydrogen) atoms. The predicted octanol–water partition coefficient (Wildman–Crippen LogP) is 3.51. The molecular formula is C15H20ClNO3S. The first kappa shape index (κ1) is 16.5. The maximum atomic E-state index is 12.1. The number of hydrogen-bond donors (Lipinski definition) is 1. The Morgan fingerprint density at radius 1 is 1.48 bits per heavy atom. The highest BCUT2D eigenvalue weighted by atomic mass is 35.5. The molecule has 116 valence electrons. The minimum Gasteiger partial charge on any atom is -0.495 e. The highest BCUT2D eigenvalue weighted by molar-refractivity contribution is 8.00. The Hall–Kier alpha value is -0.910. The van der Waals surface area contributed by atoms with Crippen molar-refractivity contribution in [1.29, 1.82) is 0 Å². The molecule has 2 rings (SSSR count). The zero-order valence-corrected chi connectivity index (χ0v) is 13.9. The van der Waals surface area contributed by atoms with Crippen LogP contribution in [0.25, 0.3) is 0 Å². The quantitative estimate of drug-likeness (QED) is 0.898. The molecule has 1 aliphatic heterocycles. The maximum Gasteiger partial charge on any atom is 0.234 e. The smallest absolute Gasteiger partial charge is 0.234 e. The first-order chi connectivity index (χ1) is 10.1. The van der Waals surface area contributed by atoms with E-state index in [1.807, 2.05) is 13.0 Å². The summed E-state index contributed by atoms with van der Waals surface area (Å²) in [6.07, 6.45) is 2.03. The lowest BCUT2D eigenvalue weighted by atomic mass is 10.2. The summed E-state index contributed by atoms with van der Waals surface area (Å²) in [4.78, 5) is 12.1. The number of rotatable bonds is 5. The van der Waals surface area contributed by atoms with Crippen molar-refractivity contribution in [3.63, 3.8) is 0 Å². The van der Waals surface area contributed by atoms with Gasteiger partial charge in [-0.25, -0.2) is 0 Å². The lowest BCUT2D eigenvalue weighted by Gasteiger charge is -2.21. The fourth-order valence-electron chi connectivity index (χ4n) is 2.15. The third-order valence-corrected chi connectivity index (χ3v) is 5.15. The summed E-state index contributed by atoms with van der Waals surface area (Å²) >= 11 is 7.74. The van der Waals surface area contributed by atoms with Crippen molar-refractivity contribution >= 4 is 35.0 Å². The fraction of sp³-hybridized carbons (Fsp3) is 0.533. The van der Waals surface area contributed by atoms with E-state index in [1.165, 1.54) is 0 Å². The number of ether oxygens (including phenoxy) is 2. The van der Waals surface area contributed by atoms with Crippen molar-refractivity contribution in [3.8, 4) is 5.75 Å². The number of thioether (sulfide) groups is 1. The standard InChI is InChI=1S/C15H20ClNO3S/c1-10-7-13(14(19-2)8-12(10)16)17-15(18)9-21-11-3-5-20-6-4-11/h7-8,11H,3-6,9H2,1-2H3,(H,17,18). The number of carbonyl (C=O) groups excluding carboxylic acids is 1. The molecule has 1 amide bonds. The zero-order valence-electron chi connectivity index (χ0n) is 12.3. The van der Waals surface area contributed by atoms with E-state index in [2.05, 4.69) is 5.32 Å². The summed E-state index contributed by atoms with van der Waals surface area (Å²) in [6.45, 7) is 3.49. The first-order valence-corrected chi connectivity index (χ1v) is 8.36. The Kier molecular flexibility index (Phi) is 6.21. The second kappa shape index (κ2) is 7.92. The molecule has 4 nitrogen and oxygen atoms in total. The van der Waals surface area contributed by atoms with Gasteiger partial charge >= 0.3 is 0 Å². The van der Waals surface area contributed by atoms with E-state index >= 15 is 0 Å². The number of amides is 1. The molecule has 6 heteroatoms. The number of methoxy groups -OCH3 is 1. The van der Waals surface area contributed by atoms with Crippen molar-refractivity contribution in [2.45, 2.75) is 25.0 Å². The topological polar surface area (TPSA) is 47.6 Å². The van der Waals surface area contributed by atoms with Crippen molar-refractivity contribution in [1.82, 2.24) is 0 Å². The molecule has 0 unspecified atom stereocenters. The predicted molar refractivity (Wildman–Crippen MR) is 87.7 cm³/mol. The Morgan fingerprint density at radius 2 is 2.19 bits per heavy atom. The van der Waals surface area contributed by atoms with Crippen LogP contribution in [0.4, 0.5) is 5.69 Å². The number of aryl methyl sites for hydroxylation is 1. The van der Waals surface area contributed by atoms with Crippen LogP contribution < -0.4 is 10.1 Å². The molecule has 1 saturated heterocycles. The Balaban J connectivity index is 1.91. The number of nitrogens with one attached hydrogen (secondary N) is 1. The molecule has 0 bridgehead atoms. The van der Waals surface area contributed by atoms with Gasteiger partial charge < -0.3 is 14.8 Å². The molecule has 1 aliphatic rings. The number of anilines is 1. The van der Waals surface area contributed by atoms with E-state index in [4.69, 9.17) is 21.1 Å². The Bertz CT molecular complexity index is 504. The monoisotopic (exact) mass is 329 g/mol. The summed E-state index contributed by atoms with van der Waals surface area (Å²) < 4.78 is 10.6. The average Bonchev–Trinajstić information content (AvgIpc) is 2.49. The summed E-state index contributed by atoms with van der Waals surface area (Å²) in [5.41, 5.74) is 1.57. The van der Waals surface area contributed by atoms with Crippen LogP contribution in [0.2, 0.25) is 5.02 Å². The average molecular weight is 330 g/mol. The molecule has 0 aromatic heterocycles. The molecule has 1 fully saturated rings. The highest BCUT2D eigenvalue weighted by Crippen LogP contribution is 2.31. The summed E-state index contributed by atoms with van der Waals surface area (Å²) in [5.74, 6) is 0.997. The van der Waals surface area contributed by atoms with Crippen LogP contribution in [0.5, 0.6) is 5.75 Å². The van der Waals surface area contributed by atoms with E-state index in [0.29, 0.717) is 27.5 Å². The number of benzene rings is 1. The van der Waals surface area contributed by atoms with E-state index in [-0.39, 0.29) is 5.91 Å². The van der Waals surface area contributed by atoms with Crippen molar-refractivity contribution in [2.24, 2.45) is 0 Å². The van der Waals surface area contributed by atoms with Gasteiger partial charge in [-0.1, -0.05) is 11.6 Å². The zero-order chi connectivity index (χ0) is 15.2. The van der Waals surface area contributed by atoms with E-state index < -0.39 is 0 Å². The van der Waals surface area contributed by atoms with Gasteiger partial charge in [-0.05, 0) is 31.4 Å². The number of halogens is 1. The van der Waals surface area contributed by atoms with Gasteiger partial charge in [0.25, 0.3) is 0 Å². The van der Waals surface area contributed by atoms with Gasteiger partial charge in [0.2, 0.25) is 5.91 Å².